The van der Waals surface area contributed by atoms with Crippen LogP contribution in [0.5, 0.6) is 0 Å². The summed E-state index contributed by atoms with van der Waals surface area (Å²) >= 11 is 0. The zero-order chi connectivity index (χ0) is 38.6. The number of aliphatic hydroxyl groups excluding tert-OH is 4. The molecule has 0 aromatic carbocycles. The molecule has 5 rings (SSSR count). The molecule has 5 heterocycles. The van der Waals surface area contributed by atoms with E-state index in [0.29, 0.717) is 9.13 Å². The van der Waals surface area contributed by atoms with Crippen molar-refractivity contribution < 1.29 is 97.8 Å². The molecule has 3 aliphatic rings. The summed E-state index contributed by atoms with van der Waals surface area (Å²) in [6, 6.07) is 1.68. The topological polar surface area (TPSA) is 382 Å². The summed E-state index contributed by atoms with van der Waals surface area (Å²) < 4.78 is 118. The minimum Gasteiger partial charge on any atom is -0.387 e. The van der Waals surface area contributed by atoms with Crippen LogP contribution in [0.15, 0.2) is 43.7 Å². The molecule has 0 amide bonds. The van der Waals surface area contributed by atoms with Crippen molar-refractivity contribution in [3.05, 3.63) is 66.2 Å². The van der Waals surface area contributed by atoms with Gasteiger partial charge in [-0.25, -0.2) is 27.8 Å². The number of nitrogens with one attached hydrogen (secondary N) is 2. The van der Waals surface area contributed by atoms with Crippen molar-refractivity contribution in [2.45, 2.75) is 55.4 Å². The van der Waals surface area contributed by atoms with E-state index in [-0.39, 0.29) is 0 Å². The molecule has 0 radical (unpaired) electrons. The Kier molecular flexibility index (Phi) is 11.5. The number of rotatable bonds is 12. The Bertz CT molecular complexity index is 1960. The normalized spacial score (nSPS) is 37.0. The standard InChI is InChI=1S/C19H24F2N4O23P4/c20-19(21)44-51(38,46-49(34,35)40-5-7-11(28)13(30)15(42-7)24-3-1-9(26)22-17(24)32)48-52(39,45-19)47-50(36,37)41-6-8-12(29)14(31)16(43-8)25-4-2-10(27)23-18(25)33/h1-4,7-8,11-16,28-31H,5-6H2,(H,34,35)(H,36,37)(H,22,26,32)(H,23,27,33)/t7-,8-,11-,12-,13-,14-,15-,16-,51?,52?/m1/s1. The Morgan fingerprint density at radius 3 is 1.44 bits per heavy atom. The molecule has 27 nitrogen and oxygen atoms in total. The molecule has 0 aliphatic carbocycles. The number of aliphatic hydroxyl groups is 4. The molecule has 8 N–H and O–H groups in total. The van der Waals surface area contributed by atoms with Gasteiger partial charge in [0.25, 0.3) is 11.1 Å². The second-order valence-corrected chi connectivity index (χ2v) is 16.9. The van der Waals surface area contributed by atoms with Crippen molar-refractivity contribution >= 4 is 31.3 Å². The molecule has 12 atom stereocenters. The van der Waals surface area contributed by atoms with E-state index < -0.39 is 122 Å². The zero-order valence-corrected chi connectivity index (χ0v) is 28.5. The second kappa shape index (κ2) is 14.6. The number of H-pyrrole nitrogens is 2. The third-order valence-corrected chi connectivity index (χ3v) is 13.4. The van der Waals surface area contributed by atoms with Crippen molar-refractivity contribution in [3.63, 3.8) is 0 Å². The summed E-state index contributed by atoms with van der Waals surface area (Å²) in [7, 11) is -24.8. The molecular formula is C19H24F2N4O23P4. The molecule has 52 heavy (non-hydrogen) atoms. The first-order valence-electron chi connectivity index (χ1n) is 13.7. The molecule has 3 saturated heterocycles. The van der Waals surface area contributed by atoms with Gasteiger partial charge in [0.2, 0.25) is 0 Å². The van der Waals surface area contributed by atoms with Crippen LogP contribution in [0.2, 0.25) is 0 Å². The third kappa shape index (κ3) is 9.24. The van der Waals surface area contributed by atoms with Crippen molar-refractivity contribution in [2.75, 3.05) is 13.2 Å². The Hall–Kier alpha value is -2.46. The first-order valence-corrected chi connectivity index (χ1v) is 19.6. The summed E-state index contributed by atoms with van der Waals surface area (Å²) in [5.41, 5.74) is -3.91. The van der Waals surface area contributed by atoms with Crippen molar-refractivity contribution in [2.24, 2.45) is 0 Å². The maximum atomic E-state index is 14.2. The fraction of sp³-hybridized carbons (Fsp3) is 0.579. The summed E-state index contributed by atoms with van der Waals surface area (Å²) in [5.74, 6) is 0. The summed E-state index contributed by atoms with van der Waals surface area (Å²) in [4.78, 5) is 70.2. The number of aromatic amines is 2. The minimum absolute atomic E-state index is 0.607. The highest BCUT2D eigenvalue weighted by molar-refractivity contribution is 7.70. The van der Waals surface area contributed by atoms with Gasteiger partial charge in [-0.2, -0.15) is 22.0 Å². The quantitative estimate of drug-likeness (QED) is 0.102. The largest absolute Gasteiger partial charge is 0.503 e. The first kappa shape index (κ1) is 40.7. The Labute approximate surface area is 283 Å². The lowest BCUT2D eigenvalue weighted by atomic mass is 10.1. The van der Waals surface area contributed by atoms with Gasteiger partial charge in [0.05, 0.1) is 13.2 Å². The zero-order valence-electron chi connectivity index (χ0n) is 24.9. The maximum absolute atomic E-state index is 14.2. The molecular weight excluding hydrogens is 814 g/mol. The number of hydrogen-bond donors (Lipinski definition) is 8. The van der Waals surface area contributed by atoms with Crippen LogP contribution in [0, 0.1) is 0 Å². The molecule has 3 fully saturated rings. The van der Waals surface area contributed by atoms with E-state index in [0.717, 1.165) is 24.5 Å². The van der Waals surface area contributed by atoms with Crippen LogP contribution in [-0.2, 0) is 58.8 Å². The fourth-order valence-electron chi connectivity index (χ4n) is 4.58. The SMILES string of the molecule is O=c1ccn([C@@H]2O[C@H](COP(=O)(O)OP3(=O)OC(F)(F)OP(=O)(OP(=O)(O)OC[C@H]4O[C@@H](n5ccc(=O)[nH]c5=O)[C@H](O)[C@@H]4O)O3)[C@@H](O)[C@H]2O)c(=O)[nH]1. The Balaban J connectivity index is 1.21. The van der Waals surface area contributed by atoms with Crippen molar-refractivity contribution in [1.29, 1.82) is 0 Å². The van der Waals surface area contributed by atoms with Crippen LogP contribution in [0.1, 0.15) is 12.5 Å². The van der Waals surface area contributed by atoms with Gasteiger partial charge in [0, 0.05) is 24.5 Å². The highest BCUT2D eigenvalue weighted by atomic mass is 31.3. The number of alkyl halides is 2. The number of halogens is 2. The molecule has 2 aromatic heterocycles. The van der Waals surface area contributed by atoms with Gasteiger partial charge >= 0.3 is 49.0 Å². The number of phosphoric ester groups is 2. The van der Waals surface area contributed by atoms with Gasteiger partial charge in [-0.3, -0.25) is 37.7 Å². The molecule has 3 aliphatic heterocycles. The fourth-order valence-corrected chi connectivity index (χ4v) is 10.6. The molecule has 2 aromatic rings. The van der Waals surface area contributed by atoms with Gasteiger partial charge in [-0.15, -0.1) is 8.78 Å². The van der Waals surface area contributed by atoms with E-state index in [1.165, 1.54) is 0 Å². The minimum atomic E-state index is -6.41. The van der Waals surface area contributed by atoms with E-state index in [1.807, 2.05) is 9.97 Å². The highest BCUT2D eigenvalue weighted by Crippen LogP contribution is 2.80. The number of aromatic nitrogens is 4. The highest BCUT2D eigenvalue weighted by Gasteiger charge is 2.64. The summed E-state index contributed by atoms with van der Waals surface area (Å²) in [6.07, 6.45) is -18.6. The Morgan fingerprint density at radius 1 is 0.731 bits per heavy atom. The first-order chi connectivity index (χ1) is 23.9. The van der Waals surface area contributed by atoms with E-state index in [2.05, 4.69) is 31.0 Å². The van der Waals surface area contributed by atoms with Crippen LogP contribution in [0.25, 0.3) is 0 Å². The molecule has 292 valence electrons. The number of nitrogens with zero attached hydrogens (tertiary/aromatic N) is 2. The van der Waals surface area contributed by atoms with E-state index >= 15 is 0 Å². The van der Waals surface area contributed by atoms with Gasteiger partial charge in [-0.1, -0.05) is 0 Å². The molecule has 0 bridgehead atoms. The van der Waals surface area contributed by atoms with Crippen molar-refractivity contribution in [1.82, 2.24) is 19.1 Å². The average molecular weight is 838 g/mol. The predicted octanol–water partition coefficient (Wildman–Crippen LogP) is -2.58. The third-order valence-electron chi connectivity index (χ3n) is 6.77. The van der Waals surface area contributed by atoms with Gasteiger partial charge in [0.1, 0.15) is 36.6 Å². The van der Waals surface area contributed by atoms with E-state index in [9.17, 15) is 76.4 Å². The maximum Gasteiger partial charge on any atom is 0.503 e. The monoisotopic (exact) mass is 838 g/mol. The molecule has 0 saturated carbocycles. The van der Waals surface area contributed by atoms with Crippen molar-refractivity contribution in [3.8, 4) is 0 Å². The average Bonchev–Trinajstić information content (AvgIpc) is 3.42. The van der Waals surface area contributed by atoms with Crippen LogP contribution in [0.3, 0.4) is 0 Å². The summed E-state index contributed by atoms with van der Waals surface area (Å²) in [5, 5.41) is 40.9. The van der Waals surface area contributed by atoms with Gasteiger partial charge in [-0.05, 0) is 0 Å². The summed E-state index contributed by atoms with van der Waals surface area (Å²) in [6.45, 7) is -2.61. The molecule has 4 unspecified atom stereocenters. The van der Waals surface area contributed by atoms with Crippen LogP contribution in [-0.4, -0.2) is 105 Å². The van der Waals surface area contributed by atoms with Gasteiger partial charge in [0.15, 0.2) is 12.5 Å². The molecule has 33 heteroatoms. The second-order valence-electron chi connectivity index (χ2n) is 10.4. The lowest BCUT2D eigenvalue weighted by Gasteiger charge is -2.32. The molecule has 0 spiro atoms. The predicted molar refractivity (Wildman–Crippen MR) is 152 cm³/mol. The van der Waals surface area contributed by atoms with Crippen LogP contribution >= 0.6 is 31.3 Å². The number of hydrogen-bond acceptors (Lipinski definition) is 21. The van der Waals surface area contributed by atoms with Gasteiger partial charge < -0.3 is 39.7 Å². The van der Waals surface area contributed by atoms with Crippen LogP contribution < -0.4 is 22.5 Å². The smallest absolute Gasteiger partial charge is 0.387 e. The van der Waals surface area contributed by atoms with Crippen LogP contribution in [0.4, 0.5) is 8.78 Å². The lowest BCUT2D eigenvalue weighted by Crippen LogP contribution is -2.37. The Morgan fingerprint density at radius 2 is 1.10 bits per heavy atom. The van der Waals surface area contributed by atoms with E-state index in [4.69, 9.17) is 9.47 Å². The number of ether oxygens (including phenoxy) is 2. The lowest BCUT2D eigenvalue weighted by molar-refractivity contribution is -0.329. The van der Waals surface area contributed by atoms with E-state index in [1.54, 1.807) is 0 Å². The number of phosphoric acid groups is 4.